The van der Waals surface area contributed by atoms with Crippen LogP contribution in [-0.4, -0.2) is 25.6 Å². The molecule has 1 N–H and O–H groups in total. The molecule has 4 aliphatic rings. The van der Waals surface area contributed by atoms with E-state index >= 15 is 0 Å². The second-order valence-corrected chi connectivity index (χ2v) is 8.32. The van der Waals surface area contributed by atoms with Crippen LogP contribution in [0.3, 0.4) is 0 Å². The topological polar surface area (TPSA) is 107 Å². The number of hydrogen-bond donors (Lipinski definition) is 1. The van der Waals surface area contributed by atoms with Crippen molar-refractivity contribution in [1.82, 2.24) is 15.1 Å². The van der Waals surface area contributed by atoms with Crippen LogP contribution in [0.1, 0.15) is 44.3 Å². The zero-order chi connectivity index (χ0) is 17.9. The van der Waals surface area contributed by atoms with Crippen LogP contribution in [0.5, 0.6) is 0 Å². The Morgan fingerprint density at radius 2 is 1.88 bits per heavy atom. The van der Waals surface area contributed by atoms with Gasteiger partial charge in [-0.25, -0.2) is 4.98 Å². The molecule has 2 heterocycles. The van der Waals surface area contributed by atoms with Crippen molar-refractivity contribution in [2.24, 2.45) is 17.8 Å². The summed E-state index contributed by atoms with van der Waals surface area (Å²) in [7, 11) is 0. The number of hydrogen-bond acceptors (Lipinski definition) is 7. The standard InChI is InChI=1S/C18H21N5O3/c1-10-20-17(26-22-10)14-5-15(23(24)25)16(19-9-14)21-18-6-11-2-12(7-18)4-13(3-11)8-18/h5,9,11-13H,2-4,6-8H2,1H3,(H,19,21). The van der Waals surface area contributed by atoms with E-state index in [0.717, 1.165) is 37.0 Å². The summed E-state index contributed by atoms with van der Waals surface area (Å²) in [6, 6.07) is 1.47. The highest BCUT2D eigenvalue weighted by atomic mass is 16.6. The molecule has 4 saturated carbocycles. The summed E-state index contributed by atoms with van der Waals surface area (Å²) in [5.41, 5.74) is 0.400. The zero-order valence-corrected chi connectivity index (χ0v) is 14.6. The van der Waals surface area contributed by atoms with Crippen LogP contribution in [0.4, 0.5) is 11.5 Å². The van der Waals surface area contributed by atoms with Gasteiger partial charge in [0.25, 0.3) is 5.89 Å². The number of anilines is 1. The van der Waals surface area contributed by atoms with E-state index < -0.39 is 0 Å². The first-order chi connectivity index (χ1) is 12.5. The molecule has 136 valence electrons. The monoisotopic (exact) mass is 355 g/mol. The Kier molecular flexibility index (Phi) is 3.32. The SMILES string of the molecule is Cc1noc(-c2cnc(NC34CC5CC(CC(C5)C3)C4)c([N+](=O)[O-])c2)n1. The van der Waals surface area contributed by atoms with Crippen LogP contribution in [0.15, 0.2) is 16.8 Å². The zero-order valence-electron chi connectivity index (χ0n) is 14.6. The number of rotatable bonds is 4. The first-order valence-electron chi connectivity index (χ1n) is 9.23. The number of aromatic nitrogens is 3. The summed E-state index contributed by atoms with van der Waals surface area (Å²) in [6.45, 7) is 1.71. The molecule has 0 atom stereocenters. The van der Waals surface area contributed by atoms with Crippen LogP contribution in [0, 0.1) is 34.8 Å². The lowest BCUT2D eigenvalue weighted by Gasteiger charge is -2.57. The van der Waals surface area contributed by atoms with Crippen molar-refractivity contribution in [3.8, 4) is 11.5 Å². The average Bonchev–Trinajstić information content (AvgIpc) is 3.00. The molecule has 2 aromatic heterocycles. The minimum atomic E-state index is -0.386. The van der Waals surface area contributed by atoms with Crippen molar-refractivity contribution >= 4 is 11.5 Å². The largest absolute Gasteiger partial charge is 0.359 e. The fraction of sp³-hybridized carbons (Fsp3) is 0.611. The third-order valence-corrected chi connectivity index (χ3v) is 6.26. The molecule has 0 spiro atoms. The third kappa shape index (κ3) is 2.55. The lowest BCUT2D eigenvalue weighted by atomic mass is 9.53. The Morgan fingerprint density at radius 3 is 2.42 bits per heavy atom. The van der Waals surface area contributed by atoms with Gasteiger partial charge < -0.3 is 9.84 Å². The summed E-state index contributed by atoms with van der Waals surface area (Å²) >= 11 is 0. The van der Waals surface area contributed by atoms with Gasteiger partial charge in [-0.2, -0.15) is 4.98 Å². The third-order valence-electron chi connectivity index (χ3n) is 6.26. The van der Waals surface area contributed by atoms with Crippen molar-refractivity contribution in [3.05, 3.63) is 28.2 Å². The molecule has 0 aliphatic heterocycles. The van der Waals surface area contributed by atoms with E-state index in [4.69, 9.17) is 4.52 Å². The lowest BCUT2D eigenvalue weighted by molar-refractivity contribution is -0.384. The van der Waals surface area contributed by atoms with Gasteiger partial charge in [-0.15, -0.1) is 0 Å². The van der Waals surface area contributed by atoms with Crippen LogP contribution in [0.2, 0.25) is 0 Å². The molecule has 0 saturated heterocycles. The fourth-order valence-electron chi connectivity index (χ4n) is 5.73. The van der Waals surface area contributed by atoms with Crippen LogP contribution < -0.4 is 5.32 Å². The van der Waals surface area contributed by atoms with Gasteiger partial charge in [0.1, 0.15) is 0 Å². The lowest BCUT2D eigenvalue weighted by Crippen LogP contribution is -2.55. The fourth-order valence-corrected chi connectivity index (χ4v) is 5.73. The number of pyridine rings is 1. The molecule has 4 aliphatic carbocycles. The maximum absolute atomic E-state index is 11.7. The molecule has 26 heavy (non-hydrogen) atoms. The molecule has 4 bridgehead atoms. The molecule has 0 unspecified atom stereocenters. The molecule has 0 aromatic carbocycles. The van der Waals surface area contributed by atoms with Crippen molar-refractivity contribution in [2.45, 2.75) is 51.0 Å². The van der Waals surface area contributed by atoms with E-state index in [-0.39, 0.29) is 22.0 Å². The van der Waals surface area contributed by atoms with Crippen molar-refractivity contribution in [2.75, 3.05) is 5.32 Å². The predicted molar refractivity (Wildman–Crippen MR) is 93.4 cm³/mol. The van der Waals surface area contributed by atoms with Crippen molar-refractivity contribution in [3.63, 3.8) is 0 Å². The summed E-state index contributed by atoms with van der Waals surface area (Å²) in [5.74, 6) is 3.37. The Balaban J connectivity index is 1.48. The van der Waals surface area contributed by atoms with Gasteiger partial charge in [0, 0.05) is 17.8 Å². The molecular weight excluding hydrogens is 334 g/mol. The maximum Gasteiger partial charge on any atom is 0.312 e. The molecule has 4 fully saturated rings. The van der Waals surface area contributed by atoms with Gasteiger partial charge in [-0.05, 0) is 63.2 Å². The Morgan fingerprint density at radius 1 is 1.23 bits per heavy atom. The van der Waals surface area contributed by atoms with Gasteiger partial charge in [0.2, 0.25) is 5.82 Å². The highest BCUT2D eigenvalue weighted by Gasteiger charge is 2.51. The quantitative estimate of drug-likeness (QED) is 0.657. The molecule has 6 rings (SSSR count). The van der Waals surface area contributed by atoms with Gasteiger partial charge >= 0.3 is 5.69 Å². The number of nitrogens with zero attached hydrogens (tertiary/aromatic N) is 4. The number of aryl methyl sites for hydroxylation is 1. The van der Waals surface area contributed by atoms with Crippen LogP contribution >= 0.6 is 0 Å². The van der Waals surface area contributed by atoms with Crippen molar-refractivity contribution < 1.29 is 9.45 Å². The molecule has 0 radical (unpaired) electrons. The summed E-state index contributed by atoms with van der Waals surface area (Å²) in [4.78, 5) is 19.8. The smallest absolute Gasteiger partial charge is 0.312 e. The molecule has 0 amide bonds. The number of nitro groups is 1. The first-order valence-corrected chi connectivity index (χ1v) is 9.23. The second-order valence-electron chi connectivity index (χ2n) is 8.32. The van der Waals surface area contributed by atoms with E-state index in [2.05, 4.69) is 20.4 Å². The normalized spacial score (nSPS) is 32.0. The molecule has 8 nitrogen and oxygen atoms in total. The average molecular weight is 355 g/mol. The second kappa shape index (κ2) is 5.49. The van der Waals surface area contributed by atoms with Gasteiger partial charge in [-0.3, -0.25) is 10.1 Å². The van der Waals surface area contributed by atoms with Crippen LogP contribution in [-0.2, 0) is 0 Å². The minimum Gasteiger partial charge on any atom is -0.359 e. The van der Waals surface area contributed by atoms with Gasteiger partial charge in [0.15, 0.2) is 5.82 Å². The summed E-state index contributed by atoms with van der Waals surface area (Å²) in [5, 5.41) is 18.9. The van der Waals surface area contributed by atoms with Gasteiger partial charge in [-0.1, -0.05) is 5.16 Å². The highest BCUT2D eigenvalue weighted by molar-refractivity contribution is 5.66. The Labute approximate surface area is 150 Å². The first kappa shape index (κ1) is 15.7. The molecule has 8 heteroatoms. The summed E-state index contributed by atoms with van der Waals surface area (Å²) in [6.07, 6.45) is 8.85. The molecule has 2 aromatic rings. The predicted octanol–water partition coefficient (Wildman–Crippen LogP) is 3.73. The molecular formula is C18H21N5O3. The van der Waals surface area contributed by atoms with Crippen molar-refractivity contribution in [1.29, 1.82) is 0 Å². The minimum absolute atomic E-state index is 0.0326. The van der Waals surface area contributed by atoms with E-state index in [1.807, 2.05) is 0 Å². The highest BCUT2D eigenvalue weighted by Crippen LogP contribution is 2.56. The summed E-state index contributed by atoms with van der Waals surface area (Å²) < 4.78 is 5.11. The Bertz CT molecular complexity index is 842. The van der Waals surface area contributed by atoms with Gasteiger partial charge in [0.05, 0.1) is 10.5 Å². The van der Waals surface area contributed by atoms with E-state index in [9.17, 15) is 10.1 Å². The van der Waals surface area contributed by atoms with E-state index in [1.165, 1.54) is 25.3 Å². The maximum atomic E-state index is 11.7. The number of nitrogens with one attached hydrogen (secondary N) is 1. The van der Waals surface area contributed by atoms with E-state index in [1.54, 1.807) is 13.1 Å². The van der Waals surface area contributed by atoms with Crippen LogP contribution in [0.25, 0.3) is 11.5 Å². The van der Waals surface area contributed by atoms with E-state index in [0.29, 0.717) is 17.2 Å². The Hall–Kier alpha value is -2.51.